The number of pyridine rings is 1. The van der Waals surface area contributed by atoms with Gasteiger partial charge in [0.1, 0.15) is 11.6 Å². The summed E-state index contributed by atoms with van der Waals surface area (Å²) < 4.78 is 18.2. The molecule has 0 amide bonds. The number of rotatable bonds is 7. The fraction of sp³-hybridized carbons (Fsp3) is 0.176. The van der Waals surface area contributed by atoms with Gasteiger partial charge in [-0.2, -0.15) is 5.10 Å². The fourth-order valence-corrected chi connectivity index (χ4v) is 2.08. The normalized spacial score (nSPS) is 11.1. The molecule has 2 aromatic rings. The lowest BCUT2D eigenvalue weighted by Gasteiger charge is -2.09. The van der Waals surface area contributed by atoms with Crippen molar-refractivity contribution in [2.45, 2.75) is 12.8 Å². The summed E-state index contributed by atoms with van der Waals surface area (Å²) in [6.07, 6.45) is 6.71. The molecule has 0 bridgehead atoms. The summed E-state index contributed by atoms with van der Waals surface area (Å²) in [6, 6.07) is 8.30. The number of hydrazone groups is 1. The van der Waals surface area contributed by atoms with E-state index in [9.17, 15) is 4.39 Å². The molecule has 1 aromatic carbocycles. The summed E-state index contributed by atoms with van der Waals surface area (Å²) in [5.74, 6) is 0.497. The van der Waals surface area contributed by atoms with Crippen LogP contribution in [0, 0.1) is 5.82 Å². The van der Waals surface area contributed by atoms with Gasteiger partial charge in [0.15, 0.2) is 0 Å². The van der Waals surface area contributed by atoms with Crippen molar-refractivity contribution in [3.8, 4) is 5.75 Å². The van der Waals surface area contributed by atoms with Crippen LogP contribution in [0.5, 0.6) is 5.75 Å². The highest BCUT2D eigenvalue weighted by molar-refractivity contribution is 5.33. The molecule has 1 aromatic heterocycles. The van der Waals surface area contributed by atoms with E-state index in [1.54, 1.807) is 31.6 Å². The van der Waals surface area contributed by atoms with Gasteiger partial charge in [-0.05, 0) is 30.2 Å². The number of nitrogens with zero attached hydrogens (tertiary/aromatic N) is 2. The van der Waals surface area contributed by atoms with Crippen molar-refractivity contribution in [3.05, 3.63) is 71.4 Å². The SMILES string of the molecule is C=NN/C(=C\Cc1ccncc1OC)Cc1ccc(F)cc1. The zero-order valence-corrected chi connectivity index (χ0v) is 12.4. The van der Waals surface area contributed by atoms with Crippen molar-refractivity contribution in [2.24, 2.45) is 5.10 Å². The van der Waals surface area contributed by atoms with E-state index in [-0.39, 0.29) is 5.82 Å². The van der Waals surface area contributed by atoms with Gasteiger partial charge < -0.3 is 4.74 Å². The Morgan fingerprint density at radius 2 is 2.14 bits per heavy atom. The Balaban J connectivity index is 2.12. The quantitative estimate of drug-likeness (QED) is 0.631. The van der Waals surface area contributed by atoms with Crippen molar-refractivity contribution in [1.29, 1.82) is 0 Å². The standard InChI is InChI=1S/C17H18FN3O/c1-19-21-16(11-13-3-6-15(18)7-4-13)8-5-14-9-10-20-12-17(14)22-2/h3-4,6-10,12,21H,1,5,11H2,2H3/b16-8-. The first kappa shape index (κ1) is 15.7. The maximum Gasteiger partial charge on any atom is 0.140 e. The molecule has 0 saturated carbocycles. The van der Waals surface area contributed by atoms with Gasteiger partial charge in [0.05, 0.1) is 13.3 Å². The molecule has 4 nitrogen and oxygen atoms in total. The molecule has 0 atom stereocenters. The topological polar surface area (TPSA) is 46.5 Å². The predicted molar refractivity (Wildman–Crippen MR) is 85.4 cm³/mol. The second kappa shape index (κ2) is 7.93. The first-order valence-electron chi connectivity index (χ1n) is 6.85. The Bertz CT molecular complexity index is 653. The molecule has 0 saturated heterocycles. The molecular weight excluding hydrogens is 281 g/mol. The summed E-state index contributed by atoms with van der Waals surface area (Å²) in [7, 11) is 1.62. The molecule has 0 aliphatic rings. The number of hydrogen-bond acceptors (Lipinski definition) is 4. The summed E-state index contributed by atoms with van der Waals surface area (Å²) in [5, 5.41) is 3.72. The van der Waals surface area contributed by atoms with E-state index < -0.39 is 0 Å². The zero-order valence-electron chi connectivity index (χ0n) is 12.4. The van der Waals surface area contributed by atoms with Gasteiger partial charge in [-0.25, -0.2) is 4.39 Å². The summed E-state index contributed by atoms with van der Waals surface area (Å²) >= 11 is 0. The summed E-state index contributed by atoms with van der Waals surface area (Å²) in [6.45, 7) is 3.45. The van der Waals surface area contributed by atoms with Crippen LogP contribution in [0.1, 0.15) is 11.1 Å². The van der Waals surface area contributed by atoms with Crippen LogP contribution < -0.4 is 10.2 Å². The average molecular weight is 299 g/mol. The summed E-state index contributed by atoms with van der Waals surface area (Å²) in [5.41, 5.74) is 5.79. The minimum atomic E-state index is -0.245. The largest absolute Gasteiger partial charge is 0.495 e. The molecule has 1 N–H and O–H groups in total. The number of aromatic nitrogens is 1. The number of benzene rings is 1. The van der Waals surface area contributed by atoms with Gasteiger partial charge in [0, 0.05) is 30.6 Å². The maximum absolute atomic E-state index is 12.9. The van der Waals surface area contributed by atoms with Crippen molar-refractivity contribution in [1.82, 2.24) is 10.4 Å². The smallest absolute Gasteiger partial charge is 0.140 e. The van der Waals surface area contributed by atoms with Crippen LogP contribution in [0.25, 0.3) is 0 Å². The van der Waals surface area contributed by atoms with Crippen LogP contribution in [0.2, 0.25) is 0 Å². The van der Waals surface area contributed by atoms with Gasteiger partial charge in [-0.1, -0.05) is 18.2 Å². The van der Waals surface area contributed by atoms with E-state index in [1.807, 2.05) is 12.1 Å². The van der Waals surface area contributed by atoms with Gasteiger partial charge in [0.25, 0.3) is 0 Å². The van der Waals surface area contributed by atoms with Crippen molar-refractivity contribution in [2.75, 3.05) is 7.11 Å². The monoisotopic (exact) mass is 299 g/mol. The van der Waals surface area contributed by atoms with E-state index in [0.29, 0.717) is 12.8 Å². The molecule has 114 valence electrons. The molecule has 0 aliphatic carbocycles. The first-order chi connectivity index (χ1) is 10.7. The maximum atomic E-state index is 12.9. The Morgan fingerprint density at radius 3 is 2.82 bits per heavy atom. The number of hydrogen-bond donors (Lipinski definition) is 1. The molecule has 22 heavy (non-hydrogen) atoms. The number of allylic oxidation sites excluding steroid dienone is 2. The minimum Gasteiger partial charge on any atom is -0.495 e. The van der Waals surface area contributed by atoms with E-state index in [4.69, 9.17) is 4.74 Å². The van der Waals surface area contributed by atoms with Crippen LogP contribution in [-0.4, -0.2) is 18.8 Å². The van der Waals surface area contributed by atoms with Crippen LogP contribution in [0.4, 0.5) is 4.39 Å². The zero-order chi connectivity index (χ0) is 15.8. The molecule has 0 fully saturated rings. The van der Waals surface area contributed by atoms with Crippen molar-refractivity contribution >= 4 is 6.72 Å². The predicted octanol–water partition coefficient (Wildman–Crippen LogP) is 3.10. The Hall–Kier alpha value is -2.69. The lowest BCUT2D eigenvalue weighted by molar-refractivity contribution is 0.408. The van der Waals surface area contributed by atoms with Gasteiger partial charge in [-0.3, -0.25) is 10.4 Å². The highest BCUT2D eigenvalue weighted by Crippen LogP contribution is 2.17. The molecule has 0 spiro atoms. The van der Waals surface area contributed by atoms with E-state index >= 15 is 0 Å². The van der Waals surface area contributed by atoms with Crippen LogP contribution in [0.3, 0.4) is 0 Å². The van der Waals surface area contributed by atoms with E-state index in [2.05, 4.69) is 22.2 Å². The molecule has 1 heterocycles. The molecule has 2 rings (SSSR count). The lowest BCUT2D eigenvalue weighted by atomic mass is 10.1. The van der Waals surface area contributed by atoms with Gasteiger partial charge in [-0.15, -0.1) is 0 Å². The average Bonchev–Trinajstić information content (AvgIpc) is 2.55. The van der Waals surface area contributed by atoms with E-state index in [1.165, 1.54) is 12.1 Å². The Labute approximate surface area is 129 Å². The first-order valence-corrected chi connectivity index (χ1v) is 6.85. The number of halogens is 1. The van der Waals surface area contributed by atoms with Crippen LogP contribution in [0.15, 0.2) is 59.6 Å². The third-order valence-electron chi connectivity index (χ3n) is 3.19. The number of ether oxygens (including phenoxy) is 1. The Morgan fingerprint density at radius 1 is 1.36 bits per heavy atom. The van der Waals surface area contributed by atoms with Crippen molar-refractivity contribution < 1.29 is 9.13 Å². The number of nitrogens with one attached hydrogen (secondary N) is 1. The minimum absolute atomic E-state index is 0.245. The third kappa shape index (κ3) is 4.41. The highest BCUT2D eigenvalue weighted by Gasteiger charge is 2.03. The second-order valence-corrected chi connectivity index (χ2v) is 4.69. The molecule has 0 radical (unpaired) electrons. The molecule has 0 unspecified atom stereocenters. The van der Waals surface area contributed by atoms with Crippen molar-refractivity contribution in [3.63, 3.8) is 0 Å². The van der Waals surface area contributed by atoms with Gasteiger partial charge in [0.2, 0.25) is 0 Å². The van der Waals surface area contributed by atoms with E-state index in [0.717, 1.165) is 22.6 Å². The summed E-state index contributed by atoms with van der Waals surface area (Å²) in [4.78, 5) is 4.03. The molecule has 0 aliphatic heterocycles. The highest BCUT2D eigenvalue weighted by atomic mass is 19.1. The fourth-order valence-electron chi connectivity index (χ4n) is 2.08. The van der Waals surface area contributed by atoms with Gasteiger partial charge >= 0.3 is 0 Å². The van der Waals surface area contributed by atoms with Crippen LogP contribution >= 0.6 is 0 Å². The lowest BCUT2D eigenvalue weighted by Crippen LogP contribution is -2.08. The Kier molecular flexibility index (Phi) is 5.65. The van der Waals surface area contributed by atoms with Crippen LogP contribution in [-0.2, 0) is 12.8 Å². The second-order valence-electron chi connectivity index (χ2n) is 4.69. The molecular formula is C17H18FN3O. The molecule has 5 heteroatoms. The number of methoxy groups -OCH3 is 1. The third-order valence-corrected chi connectivity index (χ3v) is 3.19.